The number of hydrogen-bond acceptors (Lipinski definition) is 15. The third-order valence-electron chi connectivity index (χ3n) is 20.9. The minimum absolute atomic E-state index is 0.109. The molecular weight excluding hydrogens is 1390 g/mol. The number of hydrogen-bond donors (Lipinski definition) is 3. The van der Waals surface area contributed by atoms with Crippen molar-refractivity contribution in [3.8, 4) is 0 Å². The van der Waals surface area contributed by atoms with Gasteiger partial charge in [-0.2, -0.15) is 0 Å². The van der Waals surface area contributed by atoms with Gasteiger partial charge in [0.05, 0.1) is 26.4 Å². The van der Waals surface area contributed by atoms with E-state index in [0.717, 1.165) is 103 Å². The summed E-state index contributed by atoms with van der Waals surface area (Å²) in [5, 5.41) is 10.7. The third-order valence-corrected chi connectivity index (χ3v) is 22.8. The normalized spacial score (nSPS) is 13.7. The Labute approximate surface area is 658 Å². The predicted molar refractivity (Wildman–Crippen MR) is 442 cm³/mol. The van der Waals surface area contributed by atoms with E-state index in [1.54, 1.807) is 0 Å². The molecule has 0 aromatic rings. The summed E-state index contributed by atoms with van der Waals surface area (Å²) in [5.41, 5.74) is 0. The first kappa shape index (κ1) is 105. The van der Waals surface area contributed by atoms with E-state index in [4.69, 9.17) is 37.0 Å². The maximum Gasteiger partial charge on any atom is 0.472 e. The summed E-state index contributed by atoms with van der Waals surface area (Å²) in [6, 6.07) is 0. The number of carbonyl (C=O) groups excluding carboxylic acids is 4. The van der Waals surface area contributed by atoms with Gasteiger partial charge in [-0.25, -0.2) is 9.13 Å². The van der Waals surface area contributed by atoms with E-state index in [0.29, 0.717) is 25.7 Å². The summed E-state index contributed by atoms with van der Waals surface area (Å²) in [5.74, 6) is -2.10. The number of aliphatic hydroxyl groups excluding tert-OH is 1. The standard InChI is InChI=1S/C88H172O17P2/c1-5-9-13-17-21-24-27-30-33-36-39-42-45-48-51-54-57-61-65-69-73-86(91)99-79-84(105-88(93)75-71-67-63-59-56-53-50-47-44-41-38-35-32-29-26-23-19-15-11-7-3)81-103-107(96,97)101-77-82(89)76-100-106(94,95)102-80-83(78-98-85(90)72-68-64-60-20-16-12-8-4)104-87(92)74-70-66-62-58-55-52-49-46-43-40-37-34-31-28-25-22-18-14-10-6-2/h82-84,89H,5-81H2,1-4H3,(H,94,95)(H,96,97)/t82-,83+,84+/m0/s1. The van der Waals surface area contributed by atoms with Gasteiger partial charge in [0.1, 0.15) is 19.3 Å². The van der Waals surface area contributed by atoms with E-state index < -0.39 is 97.5 Å². The lowest BCUT2D eigenvalue weighted by Crippen LogP contribution is -2.30. The van der Waals surface area contributed by atoms with Gasteiger partial charge in [-0.1, -0.05) is 432 Å². The van der Waals surface area contributed by atoms with Crippen LogP contribution in [-0.2, 0) is 65.4 Å². The minimum atomic E-state index is -4.96. The van der Waals surface area contributed by atoms with E-state index in [1.165, 1.54) is 302 Å². The molecule has 107 heavy (non-hydrogen) atoms. The van der Waals surface area contributed by atoms with Crippen LogP contribution in [-0.4, -0.2) is 96.7 Å². The first-order valence-electron chi connectivity index (χ1n) is 45.8. The fourth-order valence-corrected chi connectivity index (χ4v) is 15.5. The van der Waals surface area contributed by atoms with Crippen LogP contribution in [0.4, 0.5) is 0 Å². The highest BCUT2D eigenvalue weighted by molar-refractivity contribution is 7.47. The average molecular weight is 1560 g/mol. The Morgan fingerprint density at radius 3 is 0.551 bits per heavy atom. The van der Waals surface area contributed by atoms with Crippen LogP contribution in [0.5, 0.6) is 0 Å². The SMILES string of the molecule is CCCCCCCCCCCCCCCCCCCCCCC(=O)OC[C@H](COP(=O)(O)OC[C@@H](O)COP(=O)(O)OC[C@@H](COC(=O)CCCCCCCCC)OC(=O)CCCCCCCCCCCCCCCCCCCCCC)OC(=O)CCCCCCCCCCCCCCCCCCCCCC. The van der Waals surface area contributed by atoms with E-state index in [2.05, 4.69) is 27.7 Å². The monoisotopic (exact) mass is 1560 g/mol. The molecule has 17 nitrogen and oxygen atoms in total. The van der Waals surface area contributed by atoms with Gasteiger partial charge >= 0.3 is 39.5 Å². The summed E-state index contributed by atoms with van der Waals surface area (Å²) >= 11 is 0. The summed E-state index contributed by atoms with van der Waals surface area (Å²) in [7, 11) is -9.92. The molecule has 0 saturated heterocycles. The molecule has 0 saturated carbocycles. The second kappa shape index (κ2) is 82.1. The topological polar surface area (TPSA) is 237 Å². The van der Waals surface area contributed by atoms with Crippen LogP contribution < -0.4 is 0 Å². The second-order valence-corrected chi connectivity index (χ2v) is 34.5. The summed E-state index contributed by atoms with van der Waals surface area (Å²) < 4.78 is 68.8. The van der Waals surface area contributed by atoms with Gasteiger partial charge in [0.15, 0.2) is 12.2 Å². The van der Waals surface area contributed by atoms with Gasteiger partial charge in [0.25, 0.3) is 0 Å². The zero-order valence-corrected chi connectivity index (χ0v) is 71.9. The lowest BCUT2D eigenvalue weighted by molar-refractivity contribution is -0.161. The van der Waals surface area contributed by atoms with Gasteiger partial charge in [-0.15, -0.1) is 0 Å². The summed E-state index contributed by atoms with van der Waals surface area (Å²) in [6.45, 7) is 5.02. The van der Waals surface area contributed by atoms with Crippen molar-refractivity contribution >= 4 is 39.5 Å². The molecule has 636 valence electrons. The van der Waals surface area contributed by atoms with Crippen LogP contribution in [0.3, 0.4) is 0 Å². The summed E-state index contributed by atoms with van der Waals surface area (Å²) in [4.78, 5) is 73.1. The van der Waals surface area contributed by atoms with E-state index in [1.807, 2.05) is 0 Å². The molecule has 0 aromatic heterocycles. The second-order valence-electron chi connectivity index (χ2n) is 31.6. The van der Waals surface area contributed by atoms with Gasteiger partial charge in [0, 0.05) is 25.7 Å². The lowest BCUT2D eigenvalue weighted by atomic mass is 10.0. The zero-order chi connectivity index (χ0) is 78.1. The van der Waals surface area contributed by atoms with Crippen molar-refractivity contribution in [1.29, 1.82) is 0 Å². The third kappa shape index (κ3) is 81.9. The van der Waals surface area contributed by atoms with Crippen molar-refractivity contribution in [3.05, 3.63) is 0 Å². The maximum absolute atomic E-state index is 13.1. The van der Waals surface area contributed by atoms with Crippen molar-refractivity contribution in [2.24, 2.45) is 0 Å². The molecule has 0 aliphatic heterocycles. The molecule has 2 unspecified atom stereocenters. The molecule has 5 atom stereocenters. The Morgan fingerprint density at radius 1 is 0.224 bits per heavy atom. The molecule has 3 N–H and O–H groups in total. The maximum atomic E-state index is 13.1. The molecule has 0 bridgehead atoms. The number of aliphatic hydroxyl groups is 1. The zero-order valence-electron chi connectivity index (χ0n) is 70.1. The highest BCUT2D eigenvalue weighted by Crippen LogP contribution is 2.45. The number of rotatable bonds is 89. The smallest absolute Gasteiger partial charge is 0.462 e. The number of esters is 4. The minimum Gasteiger partial charge on any atom is -0.462 e. The molecule has 0 fully saturated rings. The van der Waals surface area contributed by atoms with Crippen molar-refractivity contribution in [1.82, 2.24) is 0 Å². The van der Waals surface area contributed by atoms with Crippen LogP contribution in [0.2, 0.25) is 0 Å². The van der Waals surface area contributed by atoms with Gasteiger partial charge in [-0.05, 0) is 25.7 Å². The van der Waals surface area contributed by atoms with Gasteiger partial charge in [-0.3, -0.25) is 37.3 Å². The van der Waals surface area contributed by atoms with Crippen molar-refractivity contribution in [2.75, 3.05) is 39.6 Å². The van der Waals surface area contributed by atoms with Crippen LogP contribution in [0, 0.1) is 0 Å². The summed E-state index contributed by atoms with van der Waals surface area (Å²) in [6.07, 6.45) is 78.2. The molecule has 0 aliphatic carbocycles. The highest BCUT2D eigenvalue weighted by Gasteiger charge is 2.30. The Hall–Kier alpha value is -1.94. The Morgan fingerprint density at radius 2 is 0.374 bits per heavy atom. The molecule has 0 amide bonds. The molecule has 19 heteroatoms. The van der Waals surface area contributed by atoms with Crippen molar-refractivity contribution in [2.45, 2.75) is 502 Å². The lowest BCUT2D eigenvalue weighted by Gasteiger charge is -2.21. The molecule has 0 rings (SSSR count). The largest absolute Gasteiger partial charge is 0.472 e. The molecular formula is C88H172O17P2. The molecule has 0 radical (unpaired) electrons. The Kier molecular flexibility index (Phi) is 80.6. The van der Waals surface area contributed by atoms with Crippen LogP contribution in [0.15, 0.2) is 0 Å². The molecule has 0 heterocycles. The quantitative estimate of drug-likeness (QED) is 0.0222. The highest BCUT2D eigenvalue weighted by atomic mass is 31.2. The fourth-order valence-electron chi connectivity index (χ4n) is 13.9. The molecule has 0 aromatic carbocycles. The Balaban J connectivity index is 5.14. The number of ether oxygens (including phenoxy) is 4. The van der Waals surface area contributed by atoms with Gasteiger partial charge in [0.2, 0.25) is 0 Å². The van der Waals surface area contributed by atoms with E-state index in [9.17, 15) is 43.2 Å². The Bertz CT molecular complexity index is 2020. The molecule has 0 aliphatic rings. The average Bonchev–Trinajstić information content (AvgIpc) is 0.901. The van der Waals surface area contributed by atoms with Crippen LogP contribution in [0.1, 0.15) is 484 Å². The first-order valence-corrected chi connectivity index (χ1v) is 48.8. The number of phosphoric acid groups is 2. The predicted octanol–water partition coefficient (Wildman–Crippen LogP) is 27.3. The fraction of sp³-hybridized carbons (Fsp3) is 0.955. The van der Waals surface area contributed by atoms with Crippen LogP contribution in [0.25, 0.3) is 0 Å². The number of unbranched alkanes of at least 4 members (excludes halogenated alkanes) is 63. The molecule has 0 spiro atoms. The first-order chi connectivity index (χ1) is 52.2. The number of phosphoric ester groups is 2. The van der Waals surface area contributed by atoms with Crippen molar-refractivity contribution in [3.63, 3.8) is 0 Å². The number of carbonyl (C=O) groups is 4. The van der Waals surface area contributed by atoms with Crippen molar-refractivity contribution < 1.29 is 80.2 Å². The van der Waals surface area contributed by atoms with Crippen LogP contribution >= 0.6 is 15.6 Å². The van der Waals surface area contributed by atoms with Gasteiger partial charge < -0.3 is 33.8 Å². The van der Waals surface area contributed by atoms with E-state index >= 15 is 0 Å². The van der Waals surface area contributed by atoms with E-state index in [-0.39, 0.29) is 25.7 Å².